The Morgan fingerprint density at radius 3 is 2.22 bits per heavy atom. The first-order valence-electron chi connectivity index (χ1n) is 26.2. The van der Waals surface area contributed by atoms with Crippen LogP contribution in [0.4, 0.5) is 0 Å². The molecular formula is C56H85N3O8. The molecule has 1 aliphatic heterocycles. The largest absolute Gasteiger partial charge is 0.492 e. The Morgan fingerprint density at radius 1 is 0.866 bits per heavy atom. The number of morpholine rings is 1. The van der Waals surface area contributed by atoms with Gasteiger partial charge >= 0.3 is 11.9 Å². The summed E-state index contributed by atoms with van der Waals surface area (Å²) in [5.41, 5.74) is 2.04. The van der Waals surface area contributed by atoms with E-state index in [4.69, 9.17) is 14.2 Å². The summed E-state index contributed by atoms with van der Waals surface area (Å²) in [5, 5.41) is 16.7. The molecule has 372 valence electrons. The van der Waals surface area contributed by atoms with Crippen LogP contribution in [0.2, 0.25) is 0 Å². The van der Waals surface area contributed by atoms with Gasteiger partial charge in [0.1, 0.15) is 18.5 Å². The quantitative estimate of drug-likeness (QED) is 0.115. The molecule has 0 aromatic heterocycles. The van der Waals surface area contributed by atoms with E-state index in [1.54, 1.807) is 0 Å². The topological polar surface area (TPSA) is 144 Å². The number of hydrogen-bond donors (Lipinski definition) is 3. The lowest BCUT2D eigenvalue weighted by molar-refractivity contribution is -0.236. The number of Topliss-reactive ketones (excluding diaryl/α,β-unsaturated/α-hetero) is 1. The molecule has 3 N–H and O–H groups in total. The van der Waals surface area contributed by atoms with Gasteiger partial charge < -0.3 is 30.0 Å². The van der Waals surface area contributed by atoms with Crippen LogP contribution in [0.15, 0.2) is 35.4 Å². The highest BCUT2D eigenvalue weighted by Gasteiger charge is 2.70. The maximum Gasteiger partial charge on any atom is 0.309 e. The van der Waals surface area contributed by atoms with Crippen LogP contribution in [-0.4, -0.2) is 97.8 Å². The number of nitrogens with zero attached hydrogens (tertiary/aromatic N) is 1. The van der Waals surface area contributed by atoms with Gasteiger partial charge in [-0.25, -0.2) is 0 Å². The molecular weight excluding hydrogens is 843 g/mol. The lowest BCUT2D eigenvalue weighted by Crippen LogP contribution is -2.66. The second-order valence-corrected chi connectivity index (χ2v) is 25.4. The summed E-state index contributed by atoms with van der Waals surface area (Å²) in [6.07, 6.45) is 10.2. The van der Waals surface area contributed by atoms with Crippen molar-refractivity contribution in [2.24, 2.45) is 68.0 Å². The molecule has 0 spiro atoms. The minimum Gasteiger partial charge on any atom is -0.492 e. The molecule has 8 rings (SSSR count). The summed E-state index contributed by atoms with van der Waals surface area (Å²) in [7, 11) is 0. The van der Waals surface area contributed by atoms with Gasteiger partial charge in [0.05, 0.1) is 25.0 Å². The zero-order valence-electron chi connectivity index (χ0n) is 43.0. The van der Waals surface area contributed by atoms with Gasteiger partial charge in [-0.3, -0.25) is 24.1 Å². The molecule has 1 amide bonds. The molecule has 6 aliphatic carbocycles. The lowest BCUT2D eigenvalue weighted by atomic mass is 9.33. The van der Waals surface area contributed by atoms with E-state index in [9.17, 15) is 24.3 Å². The van der Waals surface area contributed by atoms with Crippen molar-refractivity contribution < 1.29 is 38.5 Å². The Hall–Kier alpha value is -3.28. The second kappa shape index (κ2) is 18.2. The number of carboxylic acid groups (broad SMARTS) is 1. The van der Waals surface area contributed by atoms with Crippen LogP contribution in [0, 0.1) is 68.0 Å². The zero-order valence-corrected chi connectivity index (χ0v) is 43.0. The maximum absolute atomic E-state index is 14.3. The van der Waals surface area contributed by atoms with Crippen molar-refractivity contribution in [1.82, 2.24) is 15.5 Å². The summed E-state index contributed by atoms with van der Waals surface area (Å²) < 4.78 is 17.9. The van der Waals surface area contributed by atoms with Crippen molar-refractivity contribution in [3.05, 3.63) is 41.0 Å². The van der Waals surface area contributed by atoms with E-state index in [0.717, 1.165) is 109 Å². The molecule has 7 aliphatic rings. The molecule has 1 aromatic carbocycles. The fourth-order valence-electron chi connectivity index (χ4n) is 16.2. The minimum atomic E-state index is -0.826. The second-order valence-electron chi connectivity index (χ2n) is 25.4. The van der Waals surface area contributed by atoms with Gasteiger partial charge in [-0.1, -0.05) is 67.9 Å². The monoisotopic (exact) mass is 928 g/mol. The Balaban J connectivity index is 0.903. The van der Waals surface area contributed by atoms with Crippen molar-refractivity contribution in [1.29, 1.82) is 0 Å². The van der Waals surface area contributed by atoms with Crippen LogP contribution in [-0.2, 0) is 23.9 Å². The molecule has 6 fully saturated rings. The van der Waals surface area contributed by atoms with Gasteiger partial charge in [0, 0.05) is 54.5 Å². The molecule has 1 aromatic rings. The van der Waals surface area contributed by atoms with Crippen molar-refractivity contribution >= 4 is 23.6 Å². The van der Waals surface area contributed by atoms with Crippen LogP contribution in [0.3, 0.4) is 0 Å². The first-order valence-corrected chi connectivity index (χ1v) is 26.2. The number of esters is 1. The number of rotatable bonds is 15. The third-order valence-corrected chi connectivity index (χ3v) is 20.3. The molecule has 0 radical (unpaired) electrons. The standard InChI is InChI=1S/C56H85N3O8/c1-35(2)45-41(60)33-56(24-25-57-34-50(3,4)58-47(61)36-12-14-37(15-13-36)66-31-28-59-26-29-65-30-27-59)23-22-54(10)38(46(45)56)16-17-43-53(9)20-19-44(52(7,8)42(53)18-21-55(43,54)11)67-49(64)40-32-39(48(62)63)51(40,5)6/h12-15,35,38-40,42-44,57H,16-34H2,1-11H3,(H,58,61)(H,62,63)/t38-,39+,40-,42+,43-,44+,53+,54-,55-,56-/m1/s1. The van der Waals surface area contributed by atoms with Crippen LogP contribution in [0.5, 0.6) is 5.75 Å². The molecule has 0 bridgehead atoms. The van der Waals surface area contributed by atoms with Crippen LogP contribution >= 0.6 is 0 Å². The number of nitrogens with one attached hydrogen (secondary N) is 2. The number of carboxylic acids is 1. The molecule has 11 nitrogen and oxygen atoms in total. The molecule has 5 saturated carbocycles. The van der Waals surface area contributed by atoms with Crippen LogP contribution in [0.1, 0.15) is 157 Å². The predicted octanol–water partition coefficient (Wildman–Crippen LogP) is 9.53. The number of amides is 1. The van der Waals surface area contributed by atoms with E-state index in [1.165, 1.54) is 5.57 Å². The fraction of sp³-hybridized carbons (Fsp3) is 0.786. The highest BCUT2D eigenvalue weighted by atomic mass is 16.5. The van der Waals surface area contributed by atoms with Crippen molar-refractivity contribution in [3.8, 4) is 5.75 Å². The maximum atomic E-state index is 14.3. The smallest absolute Gasteiger partial charge is 0.309 e. The number of ether oxygens (including phenoxy) is 3. The number of fused-ring (bicyclic) bond motifs is 7. The first-order chi connectivity index (χ1) is 31.4. The van der Waals surface area contributed by atoms with E-state index in [0.29, 0.717) is 55.1 Å². The average Bonchev–Trinajstić information content (AvgIpc) is 3.55. The van der Waals surface area contributed by atoms with Crippen LogP contribution in [0.25, 0.3) is 0 Å². The highest BCUT2D eigenvalue weighted by molar-refractivity contribution is 6.00. The first kappa shape index (κ1) is 50.1. The summed E-state index contributed by atoms with van der Waals surface area (Å²) in [4.78, 5) is 55.6. The third kappa shape index (κ3) is 8.73. The van der Waals surface area contributed by atoms with Gasteiger partial charge in [-0.15, -0.1) is 0 Å². The van der Waals surface area contributed by atoms with E-state index >= 15 is 0 Å². The number of aliphatic carboxylic acids is 1. The number of benzene rings is 1. The van der Waals surface area contributed by atoms with Gasteiger partial charge in [0.2, 0.25) is 0 Å². The minimum absolute atomic E-state index is 0.0599. The highest BCUT2D eigenvalue weighted by Crippen LogP contribution is 2.77. The summed E-state index contributed by atoms with van der Waals surface area (Å²) >= 11 is 0. The Bertz CT molecular complexity index is 2090. The zero-order chi connectivity index (χ0) is 48.5. The van der Waals surface area contributed by atoms with Gasteiger partial charge in [-0.05, 0) is 160 Å². The van der Waals surface area contributed by atoms with Crippen molar-refractivity contribution in [2.45, 2.75) is 158 Å². The molecule has 11 heteroatoms. The van der Waals surface area contributed by atoms with Crippen LogP contribution < -0.4 is 15.4 Å². The lowest BCUT2D eigenvalue weighted by Gasteiger charge is -2.72. The predicted molar refractivity (Wildman–Crippen MR) is 261 cm³/mol. The Morgan fingerprint density at radius 2 is 1.57 bits per heavy atom. The molecule has 1 heterocycles. The Kier molecular flexibility index (Phi) is 13.6. The molecule has 10 atom stereocenters. The molecule has 1 saturated heterocycles. The Labute approximate surface area is 402 Å². The summed E-state index contributed by atoms with van der Waals surface area (Å²) in [6, 6.07) is 7.41. The number of hydrogen-bond acceptors (Lipinski definition) is 9. The third-order valence-electron chi connectivity index (χ3n) is 20.3. The van der Waals surface area contributed by atoms with Gasteiger partial charge in [-0.2, -0.15) is 0 Å². The summed E-state index contributed by atoms with van der Waals surface area (Å²) in [6.45, 7) is 31.1. The average molecular weight is 928 g/mol. The van der Waals surface area contributed by atoms with E-state index in [1.807, 2.05) is 38.1 Å². The number of carbonyl (C=O) groups excluding carboxylic acids is 3. The number of allylic oxidation sites excluding steroid dienone is 2. The fourth-order valence-corrected chi connectivity index (χ4v) is 16.2. The van der Waals surface area contributed by atoms with Crippen molar-refractivity contribution in [2.75, 3.05) is 52.5 Å². The molecule has 0 unspecified atom stereocenters. The molecule has 67 heavy (non-hydrogen) atoms. The SMILES string of the molecule is CC(C)C1=C2[C@H]3CC[C@@H]4[C@@]5(C)CC[C@H](OC(=O)[C@H]6C[C@@H](C(=O)O)C6(C)C)C(C)(C)[C@@H]5CC[C@@]4(C)[C@]3(C)CC[C@@]2(CCNCC(C)(C)NC(=O)c2ccc(OCCN3CCOCC3)cc2)CC1=O. The van der Waals surface area contributed by atoms with E-state index in [-0.39, 0.29) is 56.9 Å². The van der Waals surface area contributed by atoms with E-state index < -0.39 is 22.8 Å². The normalized spacial score (nSPS) is 36.8. The van der Waals surface area contributed by atoms with Gasteiger partial charge in [0.15, 0.2) is 5.78 Å². The van der Waals surface area contributed by atoms with E-state index in [2.05, 4.69) is 77.8 Å². The summed E-state index contributed by atoms with van der Waals surface area (Å²) in [5.74, 6) is 0.565. The van der Waals surface area contributed by atoms with Crippen molar-refractivity contribution in [3.63, 3.8) is 0 Å². The van der Waals surface area contributed by atoms with Gasteiger partial charge in [0.25, 0.3) is 5.91 Å². The number of ketones is 1. The number of carbonyl (C=O) groups is 4.